The van der Waals surface area contributed by atoms with Crippen LogP contribution in [0, 0.1) is 5.92 Å². The Morgan fingerprint density at radius 3 is 2.24 bits per heavy atom. The fraction of sp³-hybridized carbons (Fsp3) is 0.500. The highest BCUT2D eigenvalue weighted by Crippen LogP contribution is 2.16. The molecule has 0 heterocycles. The normalized spacial score (nSPS) is 11.6. The summed E-state index contributed by atoms with van der Waals surface area (Å²) in [5.74, 6) is -0.946. The van der Waals surface area contributed by atoms with Crippen LogP contribution in [-0.4, -0.2) is 49.7 Å². The summed E-state index contributed by atoms with van der Waals surface area (Å²) in [4.78, 5) is 37.6. The van der Waals surface area contributed by atoms with Crippen LogP contribution in [0.1, 0.15) is 25.8 Å². The number of carbonyl (C=O) groups excluding carboxylic acids is 3. The molecule has 1 atom stereocenters. The van der Waals surface area contributed by atoms with Crippen molar-refractivity contribution in [1.82, 2.24) is 10.2 Å². The summed E-state index contributed by atoms with van der Waals surface area (Å²) >= 11 is 0. The van der Waals surface area contributed by atoms with Crippen LogP contribution in [-0.2, 0) is 25.6 Å². The van der Waals surface area contributed by atoms with Gasteiger partial charge in [0.1, 0.15) is 6.04 Å². The van der Waals surface area contributed by atoms with E-state index in [4.69, 9.17) is 4.74 Å². The quantitative estimate of drug-likeness (QED) is 0.725. The molecule has 0 aliphatic heterocycles. The number of amides is 2. The Morgan fingerprint density at radius 2 is 1.72 bits per heavy atom. The average Bonchev–Trinajstić information content (AvgIpc) is 2.63. The molecule has 0 bridgehead atoms. The zero-order valence-corrected chi connectivity index (χ0v) is 15.2. The van der Waals surface area contributed by atoms with Crippen LogP contribution in [0.5, 0.6) is 0 Å². The van der Waals surface area contributed by atoms with E-state index >= 15 is 0 Å². The minimum absolute atomic E-state index is 0.155. The number of benzene rings is 1. The third-order valence-corrected chi connectivity index (χ3v) is 3.69. The lowest BCUT2D eigenvalue weighted by molar-refractivity contribution is -0.155. The van der Waals surface area contributed by atoms with Gasteiger partial charge in [0.25, 0.3) is 0 Å². The first kappa shape index (κ1) is 20.5. The molecule has 1 N–H and O–H groups in total. The summed E-state index contributed by atoms with van der Waals surface area (Å²) in [7, 11) is 2.54. The van der Waals surface area contributed by atoms with Crippen molar-refractivity contribution in [3.63, 3.8) is 0 Å². The summed E-state index contributed by atoms with van der Waals surface area (Å²) in [5, 5.41) is 2.52. The molecule has 1 aromatic carbocycles. The molecule has 7 heteroatoms. The smallest absolute Gasteiger partial charge is 0.406 e. The van der Waals surface area contributed by atoms with Crippen LogP contribution in [0.15, 0.2) is 30.3 Å². The minimum atomic E-state index is -0.794. The minimum Gasteiger partial charge on any atom is -0.467 e. The van der Waals surface area contributed by atoms with Gasteiger partial charge in [0.15, 0.2) is 0 Å². The van der Waals surface area contributed by atoms with Crippen molar-refractivity contribution in [1.29, 1.82) is 0 Å². The maximum absolute atomic E-state index is 12.7. The molecule has 0 spiro atoms. The molecular weight excluding hydrogens is 324 g/mol. The van der Waals surface area contributed by atoms with E-state index in [1.807, 2.05) is 30.3 Å². The van der Waals surface area contributed by atoms with E-state index in [0.29, 0.717) is 0 Å². The number of ether oxygens (including phenoxy) is 2. The van der Waals surface area contributed by atoms with Crippen molar-refractivity contribution >= 4 is 18.0 Å². The predicted molar refractivity (Wildman–Crippen MR) is 92.7 cm³/mol. The first-order valence-corrected chi connectivity index (χ1v) is 8.14. The van der Waals surface area contributed by atoms with E-state index in [0.717, 1.165) is 5.56 Å². The van der Waals surface area contributed by atoms with E-state index in [2.05, 4.69) is 10.1 Å². The molecule has 7 nitrogen and oxygen atoms in total. The fourth-order valence-electron chi connectivity index (χ4n) is 2.37. The van der Waals surface area contributed by atoms with Gasteiger partial charge in [-0.15, -0.1) is 0 Å². The number of rotatable bonds is 8. The Morgan fingerprint density at radius 1 is 1.08 bits per heavy atom. The van der Waals surface area contributed by atoms with Crippen molar-refractivity contribution in [2.75, 3.05) is 20.8 Å². The van der Waals surface area contributed by atoms with Crippen LogP contribution in [0.4, 0.5) is 4.79 Å². The van der Waals surface area contributed by atoms with Crippen molar-refractivity contribution in [3.05, 3.63) is 35.9 Å². The number of nitrogens with zero attached hydrogens (tertiary/aromatic N) is 1. The number of nitrogens with one attached hydrogen (secondary N) is 1. The summed E-state index contributed by atoms with van der Waals surface area (Å²) in [6.07, 6.45) is -0.360. The molecule has 0 radical (unpaired) electrons. The summed E-state index contributed by atoms with van der Waals surface area (Å²) in [5.41, 5.74) is 0.909. The number of esters is 1. The summed E-state index contributed by atoms with van der Waals surface area (Å²) in [6.45, 7) is 4.03. The molecule has 25 heavy (non-hydrogen) atoms. The lowest BCUT2D eigenvalue weighted by Gasteiger charge is -2.31. The van der Waals surface area contributed by atoms with E-state index in [9.17, 15) is 14.4 Å². The Labute approximate surface area is 148 Å². The van der Waals surface area contributed by atoms with Gasteiger partial charge >= 0.3 is 12.1 Å². The second-order valence-corrected chi connectivity index (χ2v) is 5.85. The first-order valence-electron chi connectivity index (χ1n) is 8.14. The van der Waals surface area contributed by atoms with E-state index in [-0.39, 0.29) is 31.3 Å². The van der Waals surface area contributed by atoms with E-state index in [1.54, 1.807) is 13.8 Å². The molecule has 0 saturated carbocycles. The maximum Gasteiger partial charge on any atom is 0.406 e. The monoisotopic (exact) mass is 350 g/mol. The SMILES string of the molecule is COC(=O)NCCC(C(=O)OC)N(Cc1ccccc1)C(=O)C(C)C. The van der Waals surface area contributed by atoms with Crippen molar-refractivity contribution < 1.29 is 23.9 Å². The molecule has 0 aliphatic carbocycles. The van der Waals surface area contributed by atoms with E-state index < -0.39 is 18.1 Å². The maximum atomic E-state index is 12.7. The summed E-state index contributed by atoms with van der Waals surface area (Å²) < 4.78 is 9.38. The van der Waals surface area contributed by atoms with Crippen molar-refractivity contribution in [2.45, 2.75) is 32.9 Å². The highest BCUT2D eigenvalue weighted by atomic mass is 16.5. The first-order chi connectivity index (χ1) is 11.9. The molecule has 1 rings (SSSR count). The molecular formula is C18H26N2O5. The zero-order valence-electron chi connectivity index (χ0n) is 15.2. The highest BCUT2D eigenvalue weighted by Gasteiger charge is 2.31. The molecule has 0 saturated heterocycles. The number of methoxy groups -OCH3 is 2. The lowest BCUT2D eigenvalue weighted by Crippen LogP contribution is -2.48. The molecule has 0 aliphatic rings. The van der Waals surface area contributed by atoms with Crippen LogP contribution >= 0.6 is 0 Å². The van der Waals surface area contributed by atoms with Gasteiger partial charge in [-0.1, -0.05) is 44.2 Å². The van der Waals surface area contributed by atoms with Crippen LogP contribution in [0.25, 0.3) is 0 Å². The third-order valence-electron chi connectivity index (χ3n) is 3.69. The van der Waals surface area contributed by atoms with Gasteiger partial charge in [0, 0.05) is 19.0 Å². The standard InChI is InChI=1S/C18H26N2O5/c1-13(2)16(21)20(12-14-8-6-5-7-9-14)15(17(22)24-3)10-11-19-18(23)25-4/h5-9,13,15H,10-12H2,1-4H3,(H,19,23). The fourth-order valence-corrected chi connectivity index (χ4v) is 2.37. The largest absolute Gasteiger partial charge is 0.467 e. The van der Waals surface area contributed by atoms with Crippen molar-refractivity contribution in [3.8, 4) is 0 Å². The third kappa shape index (κ3) is 6.45. The van der Waals surface area contributed by atoms with Crippen LogP contribution in [0.3, 0.4) is 0 Å². The van der Waals surface area contributed by atoms with Gasteiger partial charge in [0.2, 0.25) is 5.91 Å². The van der Waals surface area contributed by atoms with Gasteiger partial charge in [0.05, 0.1) is 14.2 Å². The second-order valence-electron chi connectivity index (χ2n) is 5.85. The Balaban J connectivity index is 2.99. The molecule has 1 aromatic rings. The predicted octanol–water partition coefficient (Wildman–Crippen LogP) is 1.96. The van der Waals surface area contributed by atoms with Gasteiger partial charge in [-0.05, 0) is 12.0 Å². The number of hydrogen-bond acceptors (Lipinski definition) is 5. The highest BCUT2D eigenvalue weighted by molar-refractivity contribution is 5.85. The number of hydrogen-bond donors (Lipinski definition) is 1. The Kier molecular flexibility index (Phi) is 8.46. The van der Waals surface area contributed by atoms with Gasteiger partial charge in [-0.3, -0.25) is 4.79 Å². The topological polar surface area (TPSA) is 84.9 Å². The number of alkyl carbamates (subject to hydrolysis) is 1. The van der Waals surface area contributed by atoms with Crippen LogP contribution < -0.4 is 5.32 Å². The molecule has 0 aromatic heterocycles. The van der Waals surface area contributed by atoms with Gasteiger partial charge in [-0.25, -0.2) is 9.59 Å². The molecule has 138 valence electrons. The summed E-state index contributed by atoms with van der Waals surface area (Å²) in [6, 6.07) is 8.62. The molecule has 2 amide bonds. The zero-order chi connectivity index (χ0) is 18.8. The molecule has 1 unspecified atom stereocenters. The Bertz CT molecular complexity index is 574. The Hall–Kier alpha value is -2.57. The van der Waals surface area contributed by atoms with E-state index in [1.165, 1.54) is 19.1 Å². The van der Waals surface area contributed by atoms with Gasteiger partial charge in [-0.2, -0.15) is 0 Å². The molecule has 0 fully saturated rings. The van der Waals surface area contributed by atoms with Crippen LogP contribution in [0.2, 0.25) is 0 Å². The second kappa shape index (κ2) is 10.3. The average molecular weight is 350 g/mol. The number of carbonyl (C=O) groups is 3. The van der Waals surface area contributed by atoms with Crippen molar-refractivity contribution in [2.24, 2.45) is 5.92 Å². The lowest BCUT2D eigenvalue weighted by atomic mass is 10.1. The van der Waals surface area contributed by atoms with Gasteiger partial charge < -0.3 is 19.7 Å².